The molecular formula is C104H109F5N18O15S6. The summed E-state index contributed by atoms with van der Waals surface area (Å²) in [5.41, 5.74) is 19.2. The van der Waals surface area contributed by atoms with E-state index in [0.29, 0.717) is 107 Å². The minimum Gasteiger partial charge on any atom is -0.497 e. The number of aromatic nitrogens is 17. The largest absolute Gasteiger partial charge is 0.497 e. The van der Waals surface area contributed by atoms with E-state index in [9.17, 15) is 52.0 Å². The summed E-state index contributed by atoms with van der Waals surface area (Å²) in [4.78, 5) is 79.7. The predicted octanol–water partition coefficient (Wildman–Crippen LogP) is 19.6. The van der Waals surface area contributed by atoms with Crippen molar-refractivity contribution in [2.45, 2.75) is 151 Å². The molecule has 7 aromatic carbocycles. The second-order valence-electron chi connectivity index (χ2n) is 33.9. The highest BCUT2D eigenvalue weighted by molar-refractivity contribution is 7.85. The molecule has 0 saturated heterocycles. The number of carbonyl (C=O) groups is 1. The minimum absolute atomic E-state index is 0.00962. The van der Waals surface area contributed by atoms with E-state index in [2.05, 4.69) is 121 Å². The average molecular weight is 2140 g/mol. The van der Waals surface area contributed by atoms with Crippen molar-refractivity contribution < 1.29 is 89.9 Å². The number of anilines is 1. The molecule has 0 saturated carbocycles. The van der Waals surface area contributed by atoms with Crippen molar-refractivity contribution in [2.75, 3.05) is 73.9 Å². The molecule has 6 N–H and O–H groups in total. The number of methoxy groups -OCH3 is 5. The van der Waals surface area contributed by atoms with Gasteiger partial charge in [-0.3, -0.25) is 55.0 Å². The van der Waals surface area contributed by atoms with Gasteiger partial charge in [-0.15, -0.1) is 0 Å². The zero-order valence-electron chi connectivity index (χ0n) is 82.7. The van der Waals surface area contributed by atoms with Gasteiger partial charge in [0, 0.05) is 116 Å². The molecule has 7 atom stereocenters. The van der Waals surface area contributed by atoms with Crippen LogP contribution in [0.25, 0.3) is 66.2 Å². The number of halogens is 5. The summed E-state index contributed by atoms with van der Waals surface area (Å²) >= 11 is 0. The number of aromatic amines is 6. The van der Waals surface area contributed by atoms with E-state index < -0.39 is 84.2 Å². The number of ether oxygens (including phenoxy) is 8. The SMILES string of the molecule is CC(C)CN(C)c1ccccc1CS(=O)c1nc2ccccc2[nH]1.COCCCOc1ccnc(CS(=O)c2nc3ccccc3[nH]2)c1C.COc1ccc2nc(S(=O)Cc3ncc(C)c(OC)c3C)[nH]c2c1.COc1ccnc(CS(=O)c2nc3ccc(OC(F)F)cc3[nH]2)c1OC.Cc1c(OCC(F)(F)F)ccnc1CS(=O)c1nc2ccccc2[nH]1.O=Cc1ccnc2c1CCCCC2S(=O)c1nc2ccccc2[nH]1. The highest BCUT2D eigenvalue weighted by Gasteiger charge is 2.32. The summed E-state index contributed by atoms with van der Waals surface area (Å²) in [5, 5.41) is 2.17. The molecule has 44 heteroatoms. The first kappa shape index (κ1) is 109. The van der Waals surface area contributed by atoms with Crippen molar-refractivity contribution in [3.8, 4) is 40.2 Å². The first-order valence-corrected chi connectivity index (χ1v) is 54.3. The third-order valence-corrected chi connectivity index (χ3v) is 30.6. The van der Waals surface area contributed by atoms with Crippen molar-refractivity contribution in [3.05, 3.63) is 280 Å². The number of H-pyrrole nitrogens is 6. The number of imidazole rings is 6. The Labute approximate surface area is 863 Å². The van der Waals surface area contributed by atoms with Crippen LogP contribution in [0.5, 0.6) is 40.2 Å². The highest BCUT2D eigenvalue weighted by atomic mass is 32.2. The van der Waals surface area contributed by atoms with Gasteiger partial charge in [-0.1, -0.05) is 87.0 Å². The Morgan fingerprint density at radius 1 is 0.446 bits per heavy atom. The van der Waals surface area contributed by atoms with Crippen molar-refractivity contribution in [1.29, 1.82) is 0 Å². The summed E-state index contributed by atoms with van der Waals surface area (Å²) in [7, 11) is 1.73. The van der Waals surface area contributed by atoms with Gasteiger partial charge in [0.25, 0.3) is 0 Å². The number of pyridine rings is 5. The molecule has 18 aromatic rings. The van der Waals surface area contributed by atoms with Gasteiger partial charge in [-0.2, -0.15) is 22.0 Å². The van der Waals surface area contributed by atoms with Gasteiger partial charge in [0.05, 0.1) is 229 Å². The maximum atomic E-state index is 13.2. The van der Waals surface area contributed by atoms with Gasteiger partial charge in [0.2, 0.25) is 0 Å². The van der Waals surface area contributed by atoms with Crippen LogP contribution in [0.1, 0.15) is 117 Å². The number of carbonyl (C=O) groups excluding carboxylic acids is 1. The van der Waals surface area contributed by atoms with E-state index in [1.54, 1.807) is 65.0 Å². The van der Waals surface area contributed by atoms with E-state index in [4.69, 9.17) is 33.2 Å². The lowest BCUT2D eigenvalue weighted by molar-refractivity contribution is -0.153. The normalized spacial score (nSPS) is 13.6. The number of para-hydroxylation sites is 9. The number of benzene rings is 7. The Morgan fingerprint density at radius 3 is 1.36 bits per heavy atom. The van der Waals surface area contributed by atoms with E-state index in [-0.39, 0.29) is 39.2 Å². The fourth-order valence-corrected chi connectivity index (χ4v) is 22.8. The third-order valence-electron chi connectivity index (χ3n) is 23.2. The molecule has 148 heavy (non-hydrogen) atoms. The van der Waals surface area contributed by atoms with Crippen LogP contribution in [0.2, 0.25) is 0 Å². The van der Waals surface area contributed by atoms with Crippen molar-refractivity contribution in [2.24, 2.45) is 5.92 Å². The number of rotatable bonds is 34. The lowest BCUT2D eigenvalue weighted by Crippen LogP contribution is -2.23. The van der Waals surface area contributed by atoms with Crippen LogP contribution in [0.3, 0.4) is 0 Å². The van der Waals surface area contributed by atoms with Gasteiger partial charge in [-0.05, 0) is 161 Å². The van der Waals surface area contributed by atoms with Crippen LogP contribution in [-0.4, -0.2) is 198 Å². The minimum atomic E-state index is -4.42. The maximum Gasteiger partial charge on any atom is 0.422 e. The summed E-state index contributed by atoms with van der Waals surface area (Å²) in [6.07, 6.45) is 8.72. The number of fused-ring (bicyclic) bond motifs is 7. The fourth-order valence-electron chi connectivity index (χ4n) is 15.9. The van der Waals surface area contributed by atoms with Crippen LogP contribution >= 0.6 is 0 Å². The summed E-state index contributed by atoms with van der Waals surface area (Å²) in [6.45, 7) is 9.68. The van der Waals surface area contributed by atoms with Crippen molar-refractivity contribution in [3.63, 3.8) is 0 Å². The van der Waals surface area contributed by atoms with Crippen LogP contribution in [0.4, 0.5) is 27.6 Å². The number of nitrogens with zero attached hydrogens (tertiary/aromatic N) is 12. The first-order valence-electron chi connectivity index (χ1n) is 46.5. The molecule has 0 fully saturated rings. The van der Waals surface area contributed by atoms with Crippen molar-refractivity contribution in [1.82, 2.24) is 84.7 Å². The molecule has 1 aliphatic rings. The fraction of sp³-hybridized carbons (Fsp3) is 0.288. The lowest BCUT2D eigenvalue weighted by Gasteiger charge is -2.24. The van der Waals surface area contributed by atoms with Crippen LogP contribution in [-0.2, 0) is 105 Å². The number of aldehydes is 1. The number of hydrogen-bond donors (Lipinski definition) is 6. The van der Waals surface area contributed by atoms with E-state index in [0.717, 1.165) is 162 Å². The maximum absolute atomic E-state index is 13.2. The molecule has 0 radical (unpaired) electrons. The van der Waals surface area contributed by atoms with Crippen LogP contribution in [0.15, 0.2) is 244 Å². The second-order valence-corrected chi connectivity index (χ2v) is 42.3. The average Bonchev–Trinajstić information content (AvgIpc) is 1.68. The van der Waals surface area contributed by atoms with Crippen LogP contribution < -0.4 is 38.1 Å². The standard InChI is InChI=1S/C19H23N3OS.C18H21N3O3S.C18H17N3O2S.C17H19N3O3S.C16H14F3N3O2S.C16H15F2N3O4S/c1-14(2)12-22(3)18-11-7-4-8-15(18)13-24(23)19-20-16-9-5-6-10-17(16)21-19;1-13-16(19-9-8-17(13)24-11-5-10-23-2)12-25(22)18-20-14-6-3-4-7-15(14)21-18;22-11-12-9-10-19-17-13(12)5-1-4-8-16(17)24(23)18-20-14-6-2-3-7-15(14)21-18;1-10-8-18-15(11(2)16(10)23-4)9-24(21)17-19-13-6-5-12(22-3)7-14(13)20-17;1-10-13(20-7-6-14(10)24-9-16(17,18)19)8-25(23)15-21-11-4-2-3-5-12(11)22-15;1-23-13-5-6-19-12(14(13)24-2)8-26(22)16-20-10-4-3-9(25-15(17)18)7-11(10)21-16/h4-11,14H,12-13H2,1-3H3,(H,20,21);3-4,6-9H,5,10-12H2,1-2H3,(H,20,21);2-3,6-7,9-11,16H,1,4-5,8H2,(H,20,21);5-8H,9H2,1-4H3,(H,19,20);2-7H,8-9H2,1H3,(H,21,22);3-7,15H,8H2,1-2H3,(H,20,21). The second kappa shape index (κ2) is 51.8. The molecule has 0 spiro atoms. The van der Waals surface area contributed by atoms with Gasteiger partial charge in [-0.25, -0.2) is 29.9 Å². The molecular weight excluding hydrogens is 2030 g/mol. The number of hydrogen-bond acceptors (Lipinski definition) is 27. The smallest absolute Gasteiger partial charge is 0.422 e. The van der Waals surface area contributed by atoms with Crippen molar-refractivity contribution >= 4 is 143 Å². The predicted molar refractivity (Wildman–Crippen MR) is 560 cm³/mol. The Morgan fingerprint density at radius 2 is 0.878 bits per heavy atom. The summed E-state index contributed by atoms with van der Waals surface area (Å²) < 4.78 is 179. The number of nitrogens with one attached hydrogen (secondary N) is 6. The zero-order valence-corrected chi connectivity index (χ0v) is 87.6. The lowest BCUT2D eigenvalue weighted by atomic mass is 10.0. The Balaban J connectivity index is 0.000000140. The molecule has 0 aliphatic heterocycles. The number of aryl methyl sites for hydroxylation is 1. The molecule has 0 bridgehead atoms. The Bertz CT molecular complexity index is 7670. The molecule has 7 unspecified atom stereocenters. The van der Waals surface area contributed by atoms with Crippen LogP contribution in [0, 0.1) is 33.6 Å². The van der Waals surface area contributed by atoms with Gasteiger partial charge >= 0.3 is 12.8 Å². The Hall–Kier alpha value is -14.3. The number of alkyl halides is 5. The van der Waals surface area contributed by atoms with E-state index in [1.807, 2.05) is 154 Å². The van der Waals surface area contributed by atoms with Gasteiger partial charge in [0.15, 0.2) is 49.0 Å². The van der Waals surface area contributed by atoms with E-state index >= 15 is 0 Å². The molecule has 11 heterocycles. The zero-order chi connectivity index (χ0) is 105. The van der Waals surface area contributed by atoms with Gasteiger partial charge < -0.3 is 72.7 Å². The molecule has 0 amide bonds. The monoisotopic (exact) mass is 2140 g/mol. The Kier molecular flexibility index (Phi) is 38.3. The molecule has 33 nitrogen and oxygen atoms in total. The topological polar surface area (TPSA) is 433 Å². The molecule has 19 rings (SSSR count). The molecule has 1 aliphatic carbocycles. The van der Waals surface area contributed by atoms with Gasteiger partial charge in [0.1, 0.15) is 35.0 Å². The summed E-state index contributed by atoms with van der Waals surface area (Å²) in [6, 6.07) is 54.8. The third kappa shape index (κ3) is 28.5. The molecule has 776 valence electrons. The summed E-state index contributed by atoms with van der Waals surface area (Å²) in [5.74, 6) is 4.88. The first-order chi connectivity index (χ1) is 71.4. The highest BCUT2D eigenvalue weighted by Crippen LogP contribution is 2.38. The van der Waals surface area contributed by atoms with E-state index in [1.165, 1.54) is 50.9 Å². The molecule has 11 aromatic heterocycles. The quantitative estimate of drug-likeness (QED) is 0.00944.